The van der Waals surface area contributed by atoms with Crippen LogP contribution in [0.5, 0.6) is 0 Å². The molecule has 0 aliphatic carbocycles. The van der Waals surface area contributed by atoms with Gasteiger partial charge in [0.2, 0.25) is 5.91 Å². The highest BCUT2D eigenvalue weighted by atomic mass is 35.5. The van der Waals surface area contributed by atoms with E-state index in [0.29, 0.717) is 6.54 Å². The SMILES string of the molecule is Cl.Cl.Cl.O=C(O)CNC(=O)CNCc1ccccn1. The van der Waals surface area contributed by atoms with Crippen LogP contribution in [0.2, 0.25) is 0 Å². The summed E-state index contributed by atoms with van der Waals surface area (Å²) in [5.41, 5.74) is 0.827. The van der Waals surface area contributed by atoms with Crippen molar-refractivity contribution in [1.82, 2.24) is 15.6 Å². The van der Waals surface area contributed by atoms with Gasteiger partial charge in [-0.1, -0.05) is 6.07 Å². The molecule has 0 aliphatic heterocycles. The Bertz CT molecular complexity index is 366. The van der Waals surface area contributed by atoms with Crippen molar-refractivity contribution in [3.63, 3.8) is 0 Å². The fourth-order valence-electron chi connectivity index (χ4n) is 1.04. The zero-order valence-electron chi connectivity index (χ0n) is 9.87. The van der Waals surface area contributed by atoms with E-state index in [1.807, 2.05) is 18.2 Å². The van der Waals surface area contributed by atoms with Crippen molar-refractivity contribution < 1.29 is 14.7 Å². The Morgan fingerprint density at radius 2 is 1.84 bits per heavy atom. The molecule has 0 spiro atoms. The van der Waals surface area contributed by atoms with Crippen LogP contribution in [-0.2, 0) is 16.1 Å². The fraction of sp³-hybridized carbons (Fsp3) is 0.300. The van der Waals surface area contributed by atoms with Gasteiger partial charge in [-0.3, -0.25) is 14.6 Å². The number of hydrogen-bond acceptors (Lipinski definition) is 4. The van der Waals surface area contributed by atoms with Crippen LogP contribution in [0.1, 0.15) is 5.69 Å². The summed E-state index contributed by atoms with van der Waals surface area (Å²) in [6.45, 7) is 0.190. The maximum atomic E-state index is 11.1. The molecule has 0 aliphatic rings. The van der Waals surface area contributed by atoms with Gasteiger partial charge >= 0.3 is 5.97 Å². The van der Waals surface area contributed by atoms with Gasteiger partial charge in [0.15, 0.2) is 0 Å². The van der Waals surface area contributed by atoms with Gasteiger partial charge in [-0.05, 0) is 12.1 Å². The number of aliphatic carboxylic acids is 1. The predicted molar refractivity (Wildman–Crippen MR) is 78.3 cm³/mol. The van der Waals surface area contributed by atoms with Crippen molar-refractivity contribution in [1.29, 1.82) is 0 Å². The number of rotatable bonds is 6. The van der Waals surface area contributed by atoms with Gasteiger partial charge in [0.05, 0.1) is 12.2 Å². The number of nitrogens with zero attached hydrogens (tertiary/aromatic N) is 1. The van der Waals surface area contributed by atoms with Crippen molar-refractivity contribution in [2.24, 2.45) is 0 Å². The number of carboxylic acid groups (broad SMARTS) is 1. The van der Waals surface area contributed by atoms with Crippen molar-refractivity contribution in [3.8, 4) is 0 Å². The Morgan fingerprint density at radius 1 is 1.16 bits per heavy atom. The highest BCUT2D eigenvalue weighted by Gasteiger charge is 2.02. The summed E-state index contributed by atoms with van der Waals surface area (Å²) in [5.74, 6) is -1.41. The van der Waals surface area contributed by atoms with E-state index in [0.717, 1.165) is 5.69 Å². The summed E-state index contributed by atoms with van der Waals surface area (Å²) in [7, 11) is 0. The number of carbonyl (C=O) groups excluding carboxylic acids is 1. The molecule has 110 valence electrons. The molecule has 0 aromatic carbocycles. The highest BCUT2D eigenvalue weighted by molar-refractivity contribution is 5.86. The summed E-state index contributed by atoms with van der Waals surface area (Å²) >= 11 is 0. The third-order valence-corrected chi connectivity index (χ3v) is 1.75. The first-order valence-electron chi connectivity index (χ1n) is 4.77. The molecule has 0 radical (unpaired) electrons. The zero-order valence-corrected chi connectivity index (χ0v) is 12.3. The molecule has 0 fully saturated rings. The van der Waals surface area contributed by atoms with Gasteiger partial charge in [-0.2, -0.15) is 0 Å². The van der Waals surface area contributed by atoms with Crippen LogP contribution >= 0.6 is 37.2 Å². The molecule has 0 saturated carbocycles. The Morgan fingerprint density at radius 3 is 2.37 bits per heavy atom. The first-order valence-corrected chi connectivity index (χ1v) is 4.77. The summed E-state index contributed by atoms with van der Waals surface area (Å²) in [6.07, 6.45) is 1.67. The van der Waals surface area contributed by atoms with Crippen LogP contribution in [0.4, 0.5) is 0 Å². The van der Waals surface area contributed by atoms with E-state index < -0.39 is 5.97 Å². The zero-order chi connectivity index (χ0) is 11.8. The molecule has 0 unspecified atom stereocenters. The molecule has 6 nitrogen and oxygen atoms in total. The minimum absolute atomic E-state index is 0. The second kappa shape index (κ2) is 13.4. The Balaban J connectivity index is -0.000000853. The molecule has 0 bridgehead atoms. The number of hydrogen-bond donors (Lipinski definition) is 3. The lowest BCUT2D eigenvalue weighted by Gasteiger charge is -2.04. The Kier molecular flexibility index (Phi) is 16.2. The monoisotopic (exact) mass is 331 g/mol. The van der Waals surface area contributed by atoms with Crippen LogP contribution < -0.4 is 10.6 Å². The van der Waals surface area contributed by atoms with E-state index in [4.69, 9.17) is 5.11 Å². The summed E-state index contributed by atoms with van der Waals surface area (Å²) < 4.78 is 0. The van der Waals surface area contributed by atoms with Gasteiger partial charge < -0.3 is 15.7 Å². The number of pyridine rings is 1. The van der Waals surface area contributed by atoms with Crippen molar-refractivity contribution in [2.75, 3.05) is 13.1 Å². The molecule has 1 rings (SSSR count). The van der Waals surface area contributed by atoms with Crippen LogP contribution in [0.25, 0.3) is 0 Å². The molecule has 1 aromatic rings. The Hall–Kier alpha value is -1.08. The maximum Gasteiger partial charge on any atom is 0.322 e. The third-order valence-electron chi connectivity index (χ3n) is 1.75. The lowest BCUT2D eigenvalue weighted by atomic mass is 10.3. The average Bonchev–Trinajstić information content (AvgIpc) is 2.28. The standard InChI is InChI=1S/C10H13N3O3.3ClH/c14-9(13-7-10(15)16)6-11-5-8-3-1-2-4-12-8;;;/h1-4,11H,5-7H2,(H,13,14)(H,15,16);3*1H. The normalized spacial score (nSPS) is 8.21. The molecule has 19 heavy (non-hydrogen) atoms. The molecular formula is C10H16Cl3N3O3. The van der Waals surface area contributed by atoms with E-state index in [9.17, 15) is 9.59 Å². The van der Waals surface area contributed by atoms with E-state index in [1.165, 1.54) is 0 Å². The largest absolute Gasteiger partial charge is 0.480 e. The summed E-state index contributed by atoms with van der Waals surface area (Å²) in [5, 5.41) is 13.4. The third kappa shape index (κ3) is 11.7. The Labute approximate surface area is 129 Å². The van der Waals surface area contributed by atoms with Gasteiger partial charge in [-0.15, -0.1) is 37.2 Å². The second-order valence-corrected chi connectivity index (χ2v) is 3.10. The van der Waals surface area contributed by atoms with Gasteiger partial charge in [-0.25, -0.2) is 0 Å². The van der Waals surface area contributed by atoms with Gasteiger partial charge in [0.25, 0.3) is 0 Å². The van der Waals surface area contributed by atoms with E-state index >= 15 is 0 Å². The molecular weight excluding hydrogens is 316 g/mol. The van der Waals surface area contributed by atoms with Crippen LogP contribution in [-0.4, -0.2) is 35.1 Å². The van der Waals surface area contributed by atoms with E-state index in [1.54, 1.807) is 6.20 Å². The highest BCUT2D eigenvalue weighted by Crippen LogP contribution is 1.90. The van der Waals surface area contributed by atoms with E-state index in [2.05, 4.69) is 15.6 Å². The summed E-state index contributed by atoms with van der Waals surface area (Å²) in [4.78, 5) is 25.3. The summed E-state index contributed by atoms with van der Waals surface area (Å²) in [6, 6.07) is 5.50. The van der Waals surface area contributed by atoms with Gasteiger partial charge in [0, 0.05) is 12.7 Å². The lowest BCUT2D eigenvalue weighted by molar-refractivity contribution is -0.137. The van der Waals surface area contributed by atoms with Crippen molar-refractivity contribution in [3.05, 3.63) is 30.1 Å². The minimum atomic E-state index is -1.06. The molecule has 0 saturated heterocycles. The lowest BCUT2D eigenvalue weighted by Crippen LogP contribution is -2.36. The minimum Gasteiger partial charge on any atom is -0.480 e. The first-order chi connectivity index (χ1) is 7.68. The smallest absolute Gasteiger partial charge is 0.322 e. The topological polar surface area (TPSA) is 91.3 Å². The number of carbonyl (C=O) groups is 2. The molecule has 3 N–H and O–H groups in total. The maximum absolute atomic E-state index is 11.1. The molecule has 1 aromatic heterocycles. The molecule has 1 amide bonds. The molecule has 1 heterocycles. The second-order valence-electron chi connectivity index (χ2n) is 3.10. The number of aromatic nitrogens is 1. The average molecular weight is 333 g/mol. The van der Waals surface area contributed by atoms with Crippen molar-refractivity contribution in [2.45, 2.75) is 6.54 Å². The first kappa shape index (κ1) is 23.0. The van der Waals surface area contributed by atoms with Crippen LogP contribution in [0, 0.1) is 0 Å². The van der Waals surface area contributed by atoms with Crippen LogP contribution in [0.15, 0.2) is 24.4 Å². The number of halogens is 3. The van der Waals surface area contributed by atoms with Gasteiger partial charge in [0.1, 0.15) is 6.54 Å². The molecule has 9 heteroatoms. The van der Waals surface area contributed by atoms with Crippen molar-refractivity contribution >= 4 is 49.1 Å². The van der Waals surface area contributed by atoms with Crippen LogP contribution in [0.3, 0.4) is 0 Å². The predicted octanol–water partition coefficient (Wildman–Crippen LogP) is 0.637. The number of carboxylic acids is 1. The number of nitrogens with one attached hydrogen (secondary N) is 2. The molecule has 0 atom stereocenters. The quantitative estimate of drug-likeness (QED) is 0.711. The number of amides is 1. The fourth-order valence-corrected chi connectivity index (χ4v) is 1.04. The van der Waals surface area contributed by atoms with E-state index in [-0.39, 0.29) is 56.2 Å².